The number of hydrogen-bond donors (Lipinski definition) is 1. The van der Waals surface area contributed by atoms with Gasteiger partial charge in [0.1, 0.15) is 9.84 Å². The average molecular weight is 244 g/mol. The molecule has 0 saturated carbocycles. The molecule has 0 aliphatic carbocycles. The van der Waals surface area contributed by atoms with Gasteiger partial charge in [0.05, 0.1) is 18.1 Å². The van der Waals surface area contributed by atoms with Crippen LogP contribution < -0.4 is 5.32 Å². The molecule has 1 aliphatic heterocycles. The van der Waals surface area contributed by atoms with Crippen LogP contribution in [0, 0.1) is 0 Å². The Bertz CT molecular complexity index is 229. The van der Waals surface area contributed by atoms with E-state index < -0.39 is 9.84 Å². The fourth-order valence-corrected chi connectivity index (χ4v) is 2.95. The van der Waals surface area contributed by atoms with Gasteiger partial charge in [-0.1, -0.05) is 0 Å². The van der Waals surface area contributed by atoms with Crippen LogP contribution in [0.5, 0.6) is 0 Å². The van der Waals surface area contributed by atoms with Gasteiger partial charge in [0.2, 0.25) is 0 Å². The van der Waals surface area contributed by atoms with E-state index in [9.17, 15) is 8.42 Å². The van der Waals surface area contributed by atoms with Crippen LogP contribution in [0.25, 0.3) is 0 Å². The lowest BCUT2D eigenvalue weighted by Gasteiger charge is -2.22. The molecule has 0 amide bonds. The number of rotatable bonds is 4. The second-order valence-corrected chi connectivity index (χ2v) is 5.68. The Morgan fingerprint density at radius 2 is 1.93 bits per heavy atom. The van der Waals surface area contributed by atoms with Gasteiger partial charge in [-0.05, 0) is 12.8 Å². The van der Waals surface area contributed by atoms with Crippen LogP contribution in [-0.4, -0.2) is 46.2 Å². The fraction of sp³-hybridized carbons (Fsp3) is 1.00. The van der Waals surface area contributed by atoms with Gasteiger partial charge < -0.3 is 10.1 Å². The smallest absolute Gasteiger partial charge is 0.150 e. The first-order valence-electron chi connectivity index (χ1n) is 4.57. The van der Waals surface area contributed by atoms with Gasteiger partial charge in [-0.3, -0.25) is 0 Å². The van der Waals surface area contributed by atoms with Crippen LogP contribution in [0.1, 0.15) is 12.8 Å². The highest BCUT2D eigenvalue weighted by Gasteiger charge is 2.22. The monoisotopic (exact) mass is 243 g/mol. The predicted octanol–water partition coefficient (Wildman–Crippen LogP) is 0.221. The number of hydrogen-bond acceptors (Lipinski definition) is 4. The average Bonchev–Trinajstić information content (AvgIpc) is 2.08. The summed E-state index contributed by atoms with van der Waals surface area (Å²) in [5, 5.41) is 3.27. The Hall–Kier alpha value is 0.160. The lowest BCUT2D eigenvalue weighted by Crippen LogP contribution is -2.38. The maximum atomic E-state index is 11.1. The Kier molecular flexibility index (Phi) is 6.68. The first kappa shape index (κ1) is 14.2. The Labute approximate surface area is 91.7 Å². The Morgan fingerprint density at radius 3 is 2.43 bits per heavy atom. The maximum absolute atomic E-state index is 11.1. The van der Waals surface area contributed by atoms with E-state index in [1.807, 2.05) is 0 Å². The number of ether oxygens (including phenoxy) is 1. The van der Waals surface area contributed by atoms with Crippen molar-refractivity contribution in [3.8, 4) is 0 Å². The van der Waals surface area contributed by atoms with Crippen LogP contribution >= 0.6 is 12.4 Å². The van der Waals surface area contributed by atoms with Gasteiger partial charge in [0.25, 0.3) is 0 Å². The minimum atomic E-state index is -2.72. The predicted molar refractivity (Wildman–Crippen MR) is 58.8 cm³/mol. The first-order valence-corrected chi connectivity index (χ1v) is 6.39. The van der Waals surface area contributed by atoms with Crippen molar-refractivity contribution in [2.24, 2.45) is 0 Å². The normalized spacial score (nSPS) is 21.5. The summed E-state index contributed by atoms with van der Waals surface area (Å²) in [5.74, 6) is 0.662. The van der Waals surface area contributed by atoms with Crippen LogP contribution in [0.4, 0.5) is 0 Å². The lowest BCUT2D eigenvalue weighted by atomic mass is 10.1. The number of methoxy groups -OCH3 is 1. The van der Waals surface area contributed by atoms with Gasteiger partial charge >= 0.3 is 0 Å². The van der Waals surface area contributed by atoms with Crippen LogP contribution in [0.15, 0.2) is 0 Å². The molecule has 0 aromatic rings. The number of sulfone groups is 1. The molecule has 0 bridgehead atoms. The van der Waals surface area contributed by atoms with Crippen molar-refractivity contribution in [2.45, 2.75) is 18.9 Å². The third kappa shape index (κ3) is 5.14. The van der Waals surface area contributed by atoms with E-state index in [4.69, 9.17) is 4.74 Å². The summed E-state index contributed by atoms with van der Waals surface area (Å²) in [4.78, 5) is 0. The molecular weight excluding hydrogens is 226 g/mol. The third-order valence-corrected chi connectivity index (χ3v) is 4.01. The largest absolute Gasteiger partial charge is 0.383 e. The highest BCUT2D eigenvalue weighted by molar-refractivity contribution is 7.91. The van der Waals surface area contributed by atoms with Crippen molar-refractivity contribution in [3.63, 3.8) is 0 Å². The zero-order chi connectivity index (χ0) is 9.73. The molecule has 1 rings (SSSR count). The van der Waals surface area contributed by atoms with Gasteiger partial charge in [-0.25, -0.2) is 8.42 Å². The van der Waals surface area contributed by atoms with Crippen molar-refractivity contribution in [1.29, 1.82) is 0 Å². The minimum Gasteiger partial charge on any atom is -0.383 e. The van der Waals surface area contributed by atoms with Crippen molar-refractivity contribution in [2.75, 3.05) is 31.8 Å². The number of nitrogens with one attached hydrogen (secondary N) is 1. The lowest BCUT2D eigenvalue weighted by molar-refractivity contribution is 0.194. The first-order chi connectivity index (χ1) is 6.14. The van der Waals surface area contributed by atoms with Crippen molar-refractivity contribution >= 4 is 22.2 Å². The van der Waals surface area contributed by atoms with Gasteiger partial charge in [-0.15, -0.1) is 12.4 Å². The van der Waals surface area contributed by atoms with Gasteiger partial charge in [0.15, 0.2) is 0 Å². The minimum absolute atomic E-state index is 0. The molecule has 0 radical (unpaired) electrons. The fourth-order valence-electron chi connectivity index (χ4n) is 1.46. The summed E-state index contributed by atoms with van der Waals surface area (Å²) in [6.45, 7) is 1.49. The highest BCUT2D eigenvalue weighted by Crippen LogP contribution is 2.11. The molecule has 0 aromatic heterocycles. The van der Waals surface area contributed by atoms with Crippen LogP contribution in [0.3, 0.4) is 0 Å². The van der Waals surface area contributed by atoms with E-state index in [0.29, 0.717) is 24.2 Å². The third-order valence-electron chi connectivity index (χ3n) is 2.29. The molecule has 0 unspecified atom stereocenters. The summed E-state index contributed by atoms with van der Waals surface area (Å²) in [7, 11) is -1.06. The second kappa shape index (κ2) is 6.61. The van der Waals surface area contributed by atoms with Crippen LogP contribution in [0.2, 0.25) is 0 Å². The topological polar surface area (TPSA) is 55.4 Å². The molecule has 86 valence electrons. The van der Waals surface area contributed by atoms with E-state index in [0.717, 1.165) is 19.4 Å². The molecule has 1 saturated heterocycles. The van der Waals surface area contributed by atoms with Crippen molar-refractivity contribution in [3.05, 3.63) is 0 Å². The molecule has 1 fully saturated rings. The second-order valence-electron chi connectivity index (χ2n) is 3.37. The van der Waals surface area contributed by atoms with E-state index in [2.05, 4.69) is 5.32 Å². The zero-order valence-electron chi connectivity index (χ0n) is 8.36. The summed E-state index contributed by atoms with van der Waals surface area (Å²) in [6, 6.07) is 0.360. The standard InChI is InChI=1S/C8H17NO3S.ClH/c1-12-5-4-9-8-2-6-13(10,11)7-3-8;/h8-9H,2-7H2,1H3;1H. The zero-order valence-corrected chi connectivity index (χ0v) is 9.99. The van der Waals surface area contributed by atoms with Crippen LogP contribution in [-0.2, 0) is 14.6 Å². The molecule has 14 heavy (non-hydrogen) atoms. The molecular formula is C8H18ClNO3S. The van der Waals surface area contributed by atoms with E-state index in [1.165, 1.54) is 0 Å². The molecule has 6 heteroatoms. The van der Waals surface area contributed by atoms with Gasteiger partial charge in [-0.2, -0.15) is 0 Å². The van der Waals surface area contributed by atoms with E-state index in [-0.39, 0.29) is 12.4 Å². The molecule has 4 nitrogen and oxygen atoms in total. The Balaban J connectivity index is 0.00000169. The maximum Gasteiger partial charge on any atom is 0.150 e. The molecule has 1 heterocycles. The van der Waals surface area contributed by atoms with Crippen molar-refractivity contribution in [1.82, 2.24) is 5.32 Å². The molecule has 1 aliphatic rings. The summed E-state index contributed by atoms with van der Waals surface area (Å²) < 4.78 is 27.0. The SMILES string of the molecule is COCCNC1CCS(=O)(=O)CC1.Cl. The van der Waals surface area contributed by atoms with E-state index in [1.54, 1.807) is 7.11 Å². The molecule has 0 spiro atoms. The summed E-state index contributed by atoms with van der Waals surface area (Å²) in [5.41, 5.74) is 0. The number of halogens is 1. The summed E-state index contributed by atoms with van der Waals surface area (Å²) >= 11 is 0. The van der Waals surface area contributed by atoms with Crippen molar-refractivity contribution < 1.29 is 13.2 Å². The molecule has 0 aromatic carbocycles. The van der Waals surface area contributed by atoms with E-state index >= 15 is 0 Å². The highest BCUT2D eigenvalue weighted by atomic mass is 35.5. The van der Waals surface area contributed by atoms with Gasteiger partial charge in [0, 0.05) is 19.7 Å². The Morgan fingerprint density at radius 1 is 1.36 bits per heavy atom. The summed E-state index contributed by atoms with van der Waals surface area (Å²) in [6.07, 6.45) is 1.48. The molecule has 0 atom stereocenters. The molecule has 1 N–H and O–H groups in total. The quantitative estimate of drug-likeness (QED) is 0.718.